The molecule has 0 saturated heterocycles. The number of nitrogens with zero attached hydrogens (tertiary/aromatic N) is 2. The molecule has 0 spiro atoms. The van der Waals surface area contributed by atoms with Crippen LogP contribution >= 0.6 is 23.1 Å². The van der Waals surface area contributed by atoms with Gasteiger partial charge in [-0.3, -0.25) is 4.79 Å². The van der Waals surface area contributed by atoms with Gasteiger partial charge in [-0.15, -0.1) is 11.3 Å². The highest BCUT2D eigenvalue weighted by atomic mass is 32.2. The number of fused-ring (bicyclic) bond motifs is 1. The molecule has 5 heteroatoms. The molecule has 2 aromatic heterocycles. The minimum Gasteiger partial charge on any atom is -0.292 e. The van der Waals surface area contributed by atoms with Gasteiger partial charge >= 0.3 is 0 Å². The van der Waals surface area contributed by atoms with E-state index in [1.165, 1.54) is 23.1 Å². The van der Waals surface area contributed by atoms with Gasteiger partial charge in [0.15, 0.2) is 5.78 Å². The van der Waals surface area contributed by atoms with E-state index in [-0.39, 0.29) is 5.78 Å². The molecule has 3 aromatic rings. The molecule has 0 aliphatic carbocycles. The number of thioether (sulfide) groups is 1. The molecule has 0 unspecified atom stereocenters. The maximum Gasteiger partial charge on any atom is 0.183 e. The van der Waals surface area contributed by atoms with Crippen LogP contribution in [0, 0.1) is 6.92 Å². The molecular weight excluding hydrogens is 288 g/mol. The van der Waals surface area contributed by atoms with E-state index in [9.17, 15) is 4.79 Å². The molecule has 20 heavy (non-hydrogen) atoms. The molecule has 100 valence electrons. The lowest BCUT2D eigenvalue weighted by molar-refractivity contribution is 0.102. The molecule has 0 amide bonds. The first-order chi connectivity index (χ1) is 9.74. The van der Waals surface area contributed by atoms with Crippen molar-refractivity contribution < 1.29 is 4.79 Å². The van der Waals surface area contributed by atoms with Crippen LogP contribution in [0.15, 0.2) is 46.8 Å². The minimum atomic E-state index is 0.144. The normalized spacial score (nSPS) is 10.8. The fourth-order valence-corrected chi connectivity index (χ4v) is 3.61. The van der Waals surface area contributed by atoms with E-state index in [4.69, 9.17) is 0 Å². The maximum absolute atomic E-state index is 12.0. The molecule has 2 heterocycles. The van der Waals surface area contributed by atoms with Crippen molar-refractivity contribution in [3.63, 3.8) is 0 Å². The lowest BCUT2D eigenvalue weighted by atomic mass is 10.2. The second-order valence-corrected chi connectivity index (χ2v) is 6.19. The van der Waals surface area contributed by atoms with Gasteiger partial charge in [-0.25, -0.2) is 9.97 Å². The zero-order valence-electron chi connectivity index (χ0n) is 10.9. The number of carbonyl (C=O) groups is 1. The molecule has 0 saturated carbocycles. The summed E-state index contributed by atoms with van der Waals surface area (Å²) in [6.07, 6.45) is 0. The number of benzene rings is 1. The molecule has 3 nitrogen and oxygen atoms in total. The third kappa shape index (κ3) is 2.73. The SMILES string of the molecule is Cc1nc(SCC(=O)c2cccs2)c2ccccc2n1. The van der Waals surface area contributed by atoms with Crippen LogP contribution in [-0.2, 0) is 0 Å². The second-order valence-electron chi connectivity index (χ2n) is 4.28. The van der Waals surface area contributed by atoms with Crippen molar-refractivity contribution >= 4 is 39.8 Å². The number of Topliss-reactive ketones (excluding diaryl/α,β-unsaturated/α-hetero) is 1. The fraction of sp³-hybridized carbons (Fsp3) is 0.133. The average Bonchev–Trinajstić information content (AvgIpc) is 2.98. The monoisotopic (exact) mass is 300 g/mol. The molecule has 3 rings (SSSR count). The van der Waals surface area contributed by atoms with Gasteiger partial charge in [0, 0.05) is 5.39 Å². The highest BCUT2D eigenvalue weighted by Crippen LogP contribution is 2.26. The Kier molecular flexibility index (Phi) is 3.80. The topological polar surface area (TPSA) is 42.9 Å². The van der Waals surface area contributed by atoms with Crippen LogP contribution in [0.1, 0.15) is 15.5 Å². The third-order valence-electron chi connectivity index (χ3n) is 2.82. The molecule has 0 radical (unpaired) electrons. The van der Waals surface area contributed by atoms with Crippen LogP contribution in [-0.4, -0.2) is 21.5 Å². The number of para-hydroxylation sites is 1. The molecule has 0 aliphatic rings. The second kappa shape index (κ2) is 5.73. The number of ketones is 1. The Labute approximate surface area is 125 Å². The van der Waals surface area contributed by atoms with Gasteiger partial charge in [0.1, 0.15) is 10.9 Å². The van der Waals surface area contributed by atoms with E-state index in [2.05, 4.69) is 9.97 Å². The van der Waals surface area contributed by atoms with Gasteiger partial charge in [0.05, 0.1) is 16.1 Å². The summed E-state index contributed by atoms with van der Waals surface area (Å²) in [5.74, 6) is 1.28. The van der Waals surface area contributed by atoms with Crippen molar-refractivity contribution in [1.29, 1.82) is 0 Å². The predicted molar refractivity (Wildman–Crippen MR) is 83.6 cm³/mol. The van der Waals surface area contributed by atoms with E-state index in [0.29, 0.717) is 5.75 Å². The van der Waals surface area contributed by atoms with Crippen molar-refractivity contribution in [2.75, 3.05) is 5.75 Å². The van der Waals surface area contributed by atoms with Crippen LogP contribution < -0.4 is 0 Å². The summed E-state index contributed by atoms with van der Waals surface area (Å²) in [6.45, 7) is 1.87. The molecular formula is C15H12N2OS2. The predicted octanol–water partition coefficient (Wildman–Crippen LogP) is 3.97. The van der Waals surface area contributed by atoms with Crippen LogP contribution in [0.4, 0.5) is 0 Å². The molecule has 0 atom stereocenters. The molecule has 0 N–H and O–H groups in total. The number of rotatable bonds is 4. The molecule has 0 bridgehead atoms. The lowest BCUT2D eigenvalue weighted by Gasteiger charge is -2.05. The van der Waals surface area contributed by atoms with Crippen molar-refractivity contribution in [2.24, 2.45) is 0 Å². The van der Waals surface area contributed by atoms with E-state index in [1.807, 2.05) is 48.7 Å². The summed E-state index contributed by atoms with van der Waals surface area (Å²) < 4.78 is 0. The Morgan fingerprint density at radius 1 is 1.20 bits per heavy atom. The van der Waals surface area contributed by atoms with E-state index < -0.39 is 0 Å². The van der Waals surface area contributed by atoms with Crippen molar-refractivity contribution in [2.45, 2.75) is 11.9 Å². The van der Waals surface area contributed by atoms with E-state index in [1.54, 1.807) is 0 Å². The van der Waals surface area contributed by atoms with E-state index in [0.717, 1.165) is 26.6 Å². The Morgan fingerprint density at radius 3 is 2.85 bits per heavy atom. The van der Waals surface area contributed by atoms with Gasteiger partial charge in [-0.1, -0.05) is 36.0 Å². The van der Waals surface area contributed by atoms with Gasteiger partial charge in [-0.05, 0) is 24.4 Å². The highest BCUT2D eigenvalue weighted by molar-refractivity contribution is 8.00. The quantitative estimate of drug-likeness (QED) is 0.415. The first kappa shape index (κ1) is 13.3. The van der Waals surface area contributed by atoms with Gasteiger partial charge < -0.3 is 0 Å². The van der Waals surface area contributed by atoms with Crippen molar-refractivity contribution in [1.82, 2.24) is 9.97 Å². The van der Waals surface area contributed by atoms with Crippen molar-refractivity contribution in [3.8, 4) is 0 Å². The van der Waals surface area contributed by atoms with Crippen molar-refractivity contribution in [3.05, 3.63) is 52.5 Å². The summed E-state index contributed by atoms with van der Waals surface area (Å²) in [4.78, 5) is 21.7. The van der Waals surface area contributed by atoms with Crippen LogP contribution in [0.5, 0.6) is 0 Å². The number of thiophene rings is 1. The maximum atomic E-state index is 12.0. The number of hydrogen-bond donors (Lipinski definition) is 0. The van der Waals surface area contributed by atoms with Crippen LogP contribution in [0.3, 0.4) is 0 Å². The summed E-state index contributed by atoms with van der Waals surface area (Å²) in [5, 5.41) is 3.79. The van der Waals surface area contributed by atoms with E-state index >= 15 is 0 Å². The summed E-state index contributed by atoms with van der Waals surface area (Å²) in [5.41, 5.74) is 0.922. The summed E-state index contributed by atoms with van der Waals surface area (Å²) in [7, 11) is 0. The smallest absolute Gasteiger partial charge is 0.183 e. The molecule has 1 aromatic carbocycles. The minimum absolute atomic E-state index is 0.144. The first-order valence-corrected chi connectivity index (χ1v) is 8.03. The Morgan fingerprint density at radius 2 is 2.05 bits per heavy atom. The number of aryl methyl sites for hydroxylation is 1. The zero-order chi connectivity index (χ0) is 13.9. The summed E-state index contributed by atoms with van der Waals surface area (Å²) in [6, 6.07) is 11.6. The van der Waals surface area contributed by atoms with Gasteiger partial charge in [0.25, 0.3) is 0 Å². The lowest BCUT2D eigenvalue weighted by Crippen LogP contribution is -2.01. The highest BCUT2D eigenvalue weighted by Gasteiger charge is 2.11. The largest absolute Gasteiger partial charge is 0.292 e. The Balaban J connectivity index is 1.86. The Bertz CT molecular complexity index is 754. The fourth-order valence-electron chi connectivity index (χ4n) is 1.91. The number of hydrogen-bond acceptors (Lipinski definition) is 5. The number of aromatic nitrogens is 2. The van der Waals surface area contributed by atoms with Crippen LogP contribution in [0.25, 0.3) is 10.9 Å². The average molecular weight is 300 g/mol. The standard InChI is InChI=1S/C15H12N2OS2/c1-10-16-12-6-3-2-5-11(12)15(17-10)20-9-13(18)14-7-4-8-19-14/h2-8H,9H2,1H3. The van der Waals surface area contributed by atoms with Crippen LogP contribution in [0.2, 0.25) is 0 Å². The zero-order valence-corrected chi connectivity index (χ0v) is 12.5. The number of carbonyl (C=O) groups excluding carboxylic acids is 1. The van der Waals surface area contributed by atoms with Gasteiger partial charge in [0.2, 0.25) is 0 Å². The Hall–Kier alpha value is -1.72. The molecule has 0 fully saturated rings. The summed E-state index contributed by atoms with van der Waals surface area (Å²) >= 11 is 2.95. The van der Waals surface area contributed by atoms with Gasteiger partial charge in [-0.2, -0.15) is 0 Å². The third-order valence-corrected chi connectivity index (χ3v) is 4.72. The molecule has 0 aliphatic heterocycles. The first-order valence-electron chi connectivity index (χ1n) is 6.17.